The summed E-state index contributed by atoms with van der Waals surface area (Å²) in [5, 5.41) is 0. The van der Waals surface area contributed by atoms with Gasteiger partial charge in [0.25, 0.3) is 0 Å². The molecule has 0 amide bonds. The van der Waals surface area contributed by atoms with E-state index in [1.165, 1.54) is 0 Å². The van der Waals surface area contributed by atoms with Crippen molar-refractivity contribution < 1.29 is 9.47 Å². The third kappa shape index (κ3) is 4.84. The summed E-state index contributed by atoms with van der Waals surface area (Å²) >= 11 is 0. The third-order valence-corrected chi connectivity index (χ3v) is 1.87. The van der Waals surface area contributed by atoms with Gasteiger partial charge in [-0.2, -0.15) is 0 Å². The van der Waals surface area contributed by atoms with E-state index in [0.717, 1.165) is 5.75 Å². The molecule has 0 fully saturated rings. The van der Waals surface area contributed by atoms with E-state index in [-0.39, 0.29) is 0 Å². The summed E-state index contributed by atoms with van der Waals surface area (Å²) in [5.41, 5.74) is 0. The van der Waals surface area contributed by atoms with Crippen LogP contribution in [0, 0.1) is 5.92 Å². The van der Waals surface area contributed by atoms with Crippen LogP contribution in [0.2, 0.25) is 0 Å². The van der Waals surface area contributed by atoms with Crippen LogP contribution in [0.4, 0.5) is 0 Å². The fraction of sp³-hybridized carbons (Fsp3) is 0.538. The van der Waals surface area contributed by atoms with Crippen LogP contribution in [-0.2, 0) is 4.74 Å². The number of para-hydroxylation sites is 1. The molecule has 1 aromatic rings. The normalized spacial score (nSPS) is 11.8. The molecular weight excluding hydrogens is 188 g/mol. The Morgan fingerprint density at radius 1 is 1.13 bits per heavy atom. The lowest BCUT2D eigenvalue weighted by Crippen LogP contribution is -2.33. The second kappa shape index (κ2) is 5.17. The summed E-state index contributed by atoms with van der Waals surface area (Å²) in [6, 6.07) is 9.73. The van der Waals surface area contributed by atoms with Crippen molar-refractivity contribution in [1.29, 1.82) is 0 Å². The second-order valence-electron chi connectivity index (χ2n) is 4.52. The maximum atomic E-state index is 5.73. The molecule has 0 aliphatic rings. The molecule has 0 saturated heterocycles. The number of rotatable bonds is 5. The van der Waals surface area contributed by atoms with Crippen LogP contribution < -0.4 is 4.74 Å². The zero-order valence-corrected chi connectivity index (χ0v) is 9.99. The van der Waals surface area contributed by atoms with E-state index in [0.29, 0.717) is 12.5 Å². The van der Waals surface area contributed by atoms with Crippen LogP contribution in [0.1, 0.15) is 27.7 Å². The van der Waals surface area contributed by atoms with E-state index in [9.17, 15) is 0 Å². The van der Waals surface area contributed by atoms with E-state index in [4.69, 9.17) is 9.47 Å². The molecule has 1 aromatic carbocycles. The lowest BCUT2D eigenvalue weighted by molar-refractivity contribution is -0.162. The molecule has 0 radical (unpaired) electrons. The zero-order chi connectivity index (χ0) is 11.3. The van der Waals surface area contributed by atoms with E-state index in [2.05, 4.69) is 13.8 Å². The van der Waals surface area contributed by atoms with Crippen LogP contribution >= 0.6 is 0 Å². The Bertz CT molecular complexity index is 278. The average molecular weight is 208 g/mol. The molecule has 2 nitrogen and oxygen atoms in total. The van der Waals surface area contributed by atoms with Crippen molar-refractivity contribution in [3.8, 4) is 5.75 Å². The Labute approximate surface area is 92.2 Å². The highest BCUT2D eigenvalue weighted by molar-refractivity contribution is 5.21. The monoisotopic (exact) mass is 208 g/mol. The molecule has 84 valence electrons. The molecule has 15 heavy (non-hydrogen) atoms. The Balaban J connectivity index is 2.49. The molecule has 0 aliphatic carbocycles. The minimum atomic E-state index is -0.564. The molecule has 1 rings (SSSR count). The quantitative estimate of drug-likeness (QED) is 0.690. The number of benzene rings is 1. The first kappa shape index (κ1) is 12.1. The van der Waals surface area contributed by atoms with Crippen LogP contribution in [0.5, 0.6) is 5.75 Å². The van der Waals surface area contributed by atoms with Gasteiger partial charge in [0.1, 0.15) is 5.75 Å². The van der Waals surface area contributed by atoms with E-state index in [1.54, 1.807) is 0 Å². The Morgan fingerprint density at radius 2 is 1.73 bits per heavy atom. The Hall–Kier alpha value is -1.02. The van der Waals surface area contributed by atoms with Crippen LogP contribution in [0.3, 0.4) is 0 Å². The standard InChI is InChI=1S/C13H20O2/c1-11(2)10-14-13(3,4)15-12-8-6-5-7-9-12/h5-9,11H,10H2,1-4H3. The van der Waals surface area contributed by atoms with Gasteiger partial charge >= 0.3 is 0 Å². The topological polar surface area (TPSA) is 18.5 Å². The molecule has 0 atom stereocenters. The van der Waals surface area contributed by atoms with Crippen molar-refractivity contribution in [2.24, 2.45) is 5.92 Å². The molecule has 0 saturated carbocycles. The lowest BCUT2D eigenvalue weighted by Gasteiger charge is -2.27. The van der Waals surface area contributed by atoms with Gasteiger partial charge in [0.05, 0.1) is 6.61 Å². The molecular formula is C13H20O2. The lowest BCUT2D eigenvalue weighted by atomic mass is 10.2. The summed E-state index contributed by atoms with van der Waals surface area (Å²) < 4.78 is 11.4. The summed E-state index contributed by atoms with van der Waals surface area (Å²) in [6.45, 7) is 8.82. The molecule has 0 unspecified atom stereocenters. The smallest absolute Gasteiger partial charge is 0.204 e. The average Bonchev–Trinajstić information content (AvgIpc) is 2.16. The first-order valence-corrected chi connectivity index (χ1v) is 5.37. The molecule has 2 heteroatoms. The van der Waals surface area contributed by atoms with Crippen LogP contribution in [0.25, 0.3) is 0 Å². The van der Waals surface area contributed by atoms with Crippen LogP contribution in [0.15, 0.2) is 30.3 Å². The summed E-state index contributed by atoms with van der Waals surface area (Å²) in [5.74, 6) is 0.793. The maximum Gasteiger partial charge on any atom is 0.204 e. The van der Waals surface area contributed by atoms with Gasteiger partial charge in [-0.25, -0.2) is 0 Å². The molecule has 0 aromatic heterocycles. The first-order chi connectivity index (χ1) is 6.99. The minimum absolute atomic E-state index is 0.517. The highest BCUT2D eigenvalue weighted by Gasteiger charge is 2.20. The second-order valence-corrected chi connectivity index (χ2v) is 4.52. The van der Waals surface area contributed by atoms with Crippen molar-refractivity contribution in [1.82, 2.24) is 0 Å². The molecule has 0 heterocycles. The van der Waals surface area contributed by atoms with Crippen molar-refractivity contribution in [2.75, 3.05) is 6.61 Å². The van der Waals surface area contributed by atoms with Crippen molar-refractivity contribution in [2.45, 2.75) is 33.5 Å². The van der Waals surface area contributed by atoms with Gasteiger partial charge in [0.15, 0.2) is 0 Å². The van der Waals surface area contributed by atoms with E-state index >= 15 is 0 Å². The van der Waals surface area contributed by atoms with Gasteiger partial charge in [-0.15, -0.1) is 0 Å². The highest BCUT2D eigenvalue weighted by Crippen LogP contribution is 2.19. The van der Waals surface area contributed by atoms with E-state index < -0.39 is 5.79 Å². The van der Waals surface area contributed by atoms with Crippen molar-refractivity contribution >= 4 is 0 Å². The fourth-order valence-electron chi connectivity index (χ4n) is 1.17. The number of hydrogen-bond acceptors (Lipinski definition) is 2. The SMILES string of the molecule is CC(C)COC(C)(C)Oc1ccccc1. The highest BCUT2D eigenvalue weighted by atomic mass is 16.7. The number of ether oxygens (including phenoxy) is 2. The Kier molecular flexibility index (Phi) is 4.15. The molecule has 0 spiro atoms. The van der Waals surface area contributed by atoms with Crippen molar-refractivity contribution in [3.63, 3.8) is 0 Å². The van der Waals surface area contributed by atoms with Gasteiger partial charge in [-0.3, -0.25) is 0 Å². The summed E-state index contributed by atoms with van der Waals surface area (Å²) in [7, 11) is 0. The van der Waals surface area contributed by atoms with E-state index in [1.807, 2.05) is 44.2 Å². The number of hydrogen-bond donors (Lipinski definition) is 0. The van der Waals surface area contributed by atoms with Crippen molar-refractivity contribution in [3.05, 3.63) is 30.3 Å². The maximum absolute atomic E-state index is 5.73. The van der Waals surface area contributed by atoms with Gasteiger partial charge in [0.2, 0.25) is 5.79 Å². The van der Waals surface area contributed by atoms with Gasteiger partial charge in [0, 0.05) is 13.8 Å². The zero-order valence-electron chi connectivity index (χ0n) is 9.99. The summed E-state index contributed by atoms with van der Waals surface area (Å²) in [6.07, 6.45) is 0. The molecule has 0 aliphatic heterocycles. The van der Waals surface area contributed by atoms with Gasteiger partial charge in [-0.1, -0.05) is 32.0 Å². The largest absolute Gasteiger partial charge is 0.463 e. The molecule has 0 N–H and O–H groups in total. The minimum Gasteiger partial charge on any atom is -0.463 e. The predicted octanol–water partition coefficient (Wildman–Crippen LogP) is 3.47. The predicted molar refractivity (Wildman–Crippen MR) is 61.9 cm³/mol. The van der Waals surface area contributed by atoms with Gasteiger partial charge < -0.3 is 9.47 Å². The fourth-order valence-corrected chi connectivity index (χ4v) is 1.17. The summed E-state index contributed by atoms with van der Waals surface area (Å²) in [4.78, 5) is 0. The van der Waals surface area contributed by atoms with Gasteiger partial charge in [-0.05, 0) is 18.1 Å². The third-order valence-electron chi connectivity index (χ3n) is 1.87. The van der Waals surface area contributed by atoms with Crippen LogP contribution in [-0.4, -0.2) is 12.4 Å². The first-order valence-electron chi connectivity index (χ1n) is 5.37. The molecule has 0 bridgehead atoms. The Morgan fingerprint density at radius 3 is 2.27 bits per heavy atom.